The Balaban J connectivity index is 1.69. The molecule has 7 heteroatoms. The van der Waals surface area contributed by atoms with Gasteiger partial charge in [0.1, 0.15) is 0 Å². The highest BCUT2D eigenvalue weighted by atomic mass is 32.2. The number of hydrogen-bond donors (Lipinski definition) is 1. The van der Waals surface area contributed by atoms with Gasteiger partial charge in [0.15, 0.2) is 5.78 Å². The van der Waals surface area contributed by atoms with Gasteiger partial charge in [-0.3, -0.25) is 9.59 Å². The average Bonchev–Trinajstić information content (AvgIpc) is 2.78. The van der Waals surface area contributed by atoms with Gasteiger partial charge in [-0.15, -0.1) is 0 Å². The number of amides is 1. The van der Waals surface area contributed by atoms with Crippen LogP contribution < -0.4 is 5.32 Å². The summed E-state index contributed by atoms with van der Waals surface area (Å²) < 4.78 is 26.4. The third-order valence-electron chi connectivity index (χ3n) is 5.52. The van der Waals surface area contributed by atoms with E-state index in [1.165, 1.54) is 19.2 Å². The van der Waals surface area contributed by atoms with Gasteiger partial charge in [-0.1, -0.05) is 74.9 Å². The van der Waals surface area contributed by atoms with Crippen LogP contribution in [0.2, 0.25) is 0 Å². The number of aryl methyl sites for hydroxylation is 1. The molecule has 0 aliphatic rings. The second-order valence-electron chi connectivity index (χ2n) is 9.36. The molecule has 0 radical (unpaired) electrons. The van der Waals surface area contributed by atoms with Crippen molar-refractivity contribution >= 4 is 27.4 Å². The number of rotatable bonds is 7. The van der Waals surface area contributed by atoms with Crippen LogP contribution in [0.1, 0.15) is 47.8 Å². The van der Waals surface area contributed by atoms with Crippen molar-refractivity contribution in [1.82, 2.24) is 4.31 Å². The Morgan fingerprint density at radius 2 is 1.50 bits per heavy atom. The lowest BCUT2D eigenvalue weighted by atomic mass is 9.86. The summed E-state index contributed by atoms with van der Waals surface area (Å²) in [6.45, 7) is 7.84. The minimum Gasteiger partial charge on any atom is -0.325 e. The fourth-order valence-corrected chi connectivity index (χ4v) is 4.53. The van der Waals surface area contributed by atoms with E-state index in [-0.39, 0.29) is 22.6 Å². The highest BCUT2D eigenvalue weighted by Gasteiger charge is 2.23. The smallest absolute Gasteiger partial charge is 0.243 e. The number of carbonyl (C=O) groups is 2. The Morgan fingerprint density at radius 3 is 2.09 bits per heavy atom. The van der Waals surface area contributed by atoms with Crippen molar-refractivity contribution in [1.29, 1.82) is 0 Å². The zero-order valence-corrected chi connectivity index (χ0v) is 20.9. The lowest BCUT2D eigenvalue weighted by Gasteiger charge is -2.19. The van der Waals surface area contributed by atoms with E-state index >= 15 is 0 Å². The van der Waals surface area contributed by atoms with Crippen molar-refractivity contribution < 1.29 is 18.0 Å². The van der Waals surface area contributed by atoms with Gasteiger partial charge in [0, 0.05) is 23.9 Å². The van der Waals surface area contributed by atoms with Gasteiger partial charge in [-0.25, -0.2) is 8.42 Å². The second-order valence-corrected chi connectivity index (χ2v) is 11.4. The molecule has 0 fully saturated rings. The summed E-state index contributed by atoms with van der Waals surface area (Å²) in [7, 11) is -2.44. The molecule has 0 aromatic heterocycles. The molecule has 0 bridgehead atoms. The summed E-state index contributed by atoms with van der Waals surface area (Å²) in [6.07, 6.45) is 0. The summed E-state index contributed by atoms with van der Waals surface area (Å²) in [5.74, 6) is -0.659. The highest BCUT2D eigenvalue weighted by molar-refractivity contribution is 7.89. The van der Waals surface area contributed by atoms with E-state index in [0.717, 1.165) is 15.4 Å². The van der Waals surface area contributed by atoms with Crippen LogP contribution in [-0.2, 0) is 20.2 Å². The summed E-state index contributed by atoms with van der Waals surface area (Å²) in [6, 6.07) is 20.6. The van der Waals surface area contributed by atoms with Gasteiger partial charge >= 0.3 is 0 Å². The molecule has 1 N–H and O–H groups in total. The van der Waals surface area contributed by atoms with Crippen molar-refractivity contribution in [2.24, 2.45) is 0 Å². The fourth-order valence-electron chi connectivity index (χ4n) is 3.40. The molecule has 0 saturated heterocycles. The van der Waals surface area contributed by atoms with Crippen LogP contribution in [0.3, 0.4) is 0 Å². The van der Waals surface area contributed by atoms with Crippen LogP contribution in [0, 0.1) is 6.92 Å². The van der Waals surface area contributed by atoms with Crippen molar-refractivity contribution in [3.63, 3.8) is 0 Å². The number of carbonyl (C=O) groups excluding carboxylic acids is 2. The first-order chi connectivity index (χ1) is 15.9. The van der Waals surface area contributed by atoms with E-state index in [1.807, 2.05) is 19.1 Å². The molecule has 0 aliphatic heterocycles. The monoisotopic (exact) mass is 478 g/mol. The quantitative estimate of drug-likeness (QED) is 0.495. The first kappa shape index (κ1) is 25.3. The highest BCUT2D eigenvalue weighted by Crippen LogP contribution is 2.23. The number of sulfonamides is 1. The number of ketones is 1. The molecule has 0 unspecified atom stereocenters. The molecular formula is C27H30N2O4S. The van der Waals surface area contributed by atoms with E-state index in [0.29, 0.717) is 16.8 Å². The molecular weight excluding hydrogens is 448 g/mol. The molecule has 0 atom stereocenters. The SMILES string of the molecule is Cc1ccc(S(=O)(=O)N(C)CC(=O)Nc2cccc(C(=O)c3ccc(C(C)(C)C)cc3)c2)cc1. The predicted molar refractivity (Wildman–Crippen MR) is 135 cm³/mol. The van der Waals surface area contributed by atoms with Crippen molar-refractivity contribution in [2.75, 3.05) is 18.9 Å². The zero-order chi connectivity index (χ0) is 25.1. The predicted octanol–water partition coefficient (Wildman–Crippen LogP) is 4.78. The minimum absolute atomic E-state index is 0.00807. The molecule has 178 valence electrons. The standard InChI is InChI=1S/C27H30N2O4S/c1-19-9-15-24(16-10-19)34(32,33)29(5)18-25(30)28-23-8-6-7-21(17-23)26(31)20-11-13-22(14-12-20)27(2,3)4/h6-17H,18H2,1-5H3,(H,28,30). The van der Waals surface area contributed by atoms with Gasteiger partial charge in [-0.05, 0) is 42.2 Å². The van der Waals surface area contributed by atoms with Crippen molar-refractivity contribution in [2.45, 2.75) is 38.0 Å². The van der Waals surface area contributed by atoms with E-state index in [4.69, 9.17) is 0 Å². The molecule has 0 spiro atoms. The molecule has 0 aliphatic carbocycles. The number of benzene rings is 3. The number of nitrogens with one attached hydrogen (secondary N) is 1. The van der Waals surface area contributed by atoms with Crippen LogP contribution in [-0.4, -0.2) is 38.0 Å². The Bertz CT molecular complexity index is 1290. The molecule has 0 heterocycles. The van der Waals surface area contributed by atoms with Crippen molar-refractivity contribution in [3.8, 4) is 0 Å². The number of anilines is 1. The van der Waals surface area contributed by atoms with Crippen LogP contribution >= 0.6 is 0 Å². The maximum Gasteiger partial charge on any atom is 0.243 e. The van der Waals surface area contributed by atoms with Crippen LogP contribution in [0.4, 0.5) is 5.69 Å². The van der Waals surface area contributed by atoms with E-state index in [9.17, 15) is 18.0 Å². The summed E-state index contributed by atoms with van der Waals surface area (Å²) in [4.78, 5) is 25.6. The first-order valence-electron chi connectivity index (χ1n) is 11.0. The van der Waals surface area contributed by atoms with Gasteiger partial charge in [0.2, 0.25) is 15.9 Å². The van der Waals surface area contributed by atoms with Crippen LogP contribution in [0.25, 0.3) is 0 Å². The van der Waals surface area contributed by atoms with Gasteiger partial charge in [0.05, 0.1) is 11.4 Å². The number of hydrogen-bond acceptors (Lipinski definition) is 4. The maximum absolute atomic E-state index is 12.9. The molecule has 3 aromatic carbocycles. The Morgan fingerprint density at radius 1 is 0.882 bits per heavy atom. The van der Waals surface area contributed by atoms with E-state index in [2.05, 4.69) is 26.1 Å². The number of likely N-dealkylation sites (N-methyl/N-ethyl adjacent to an activating group) is 1. The summed E-state index contributed by atoms with van der Waals surface area (Å²) in [5.41, 5.74) is 3.48. The third-order valence-corrected chi connectivity index (χ3v) is 7.33. The van der Waals surface area contributed by atoms with E-state index in [1.54, 1.807) is 48.5 Å². The maximum atomic E-state index is 12.9. The lowest BCUT2D eigenvalue weighted by molar-refractivity contribution is -0.116. The van der Waals surface area contributed by atoms with Crippen molar-refractivity contribution in [3.05, 3.63) is 95.1 Å². The molecule has 0 saturated carbocycles. The summed E-state index contributed by atoms with van der Waals surface area (Å²) >= 11 is 0. The average molecular weight is 479 g/mol. The first-order valence-corrected chi connectivity index (χ1v) is 12.4. The Kier molecular flexibility index (Phi) is 7.38. The molecule has 3 aromatic rings. The van der Waals surface area contributed by atoms with E-state index < -0.39 is 15.9 Å². The molecule has 34 heavy (non-hydrogen) atoms. The molecule has 6 nitrogen and oxygen atoms in total. The lowest BCUT2D eigenvalue weighted by Crippen LogP contribution is -2.35. The normalized spacial score (nSPS) is 11.9. The topological polar surface area (TPSA) is 83.6 Å². The minimum atomic E-state index is -3.80. The largest absolute Gasteiger partial charge is 0.325 e. The third kappa shape index (κ3) is 5.98. The van der Waals surface area contributed by atoms with Gasteiger partial charge in [0.25, 0.3) is 0 Å². The summed E-state index contributed by atoms with van der Waals surface area (Å²) in [5, 5.41) is 2.68. The second kappa shape index (κ2) is 9.91. The zero-order valence-electron chi connectivity index (χ0n) is 20.1. The number of nitrogens with zero attached hydrogens (tertiary/aromatic N) is 1. The Labute approximate surface area is 201 Å². The molecule has 1 amide bonds. The Hall–Kier alpha value is -3.29. The van der Waals surface area contributed by atoms with Gasteiger partial charge < -0.3 is 5.32 Å². The van der Waals surface area contributed by atoms with Crippen LogP contribution in [0.15, 0.2) is 77.7 Å². The van der Waals surface area contributed by atoms with Crippen LogP contribution in [0.5, 0.6) is 0 Å². The van der Waals surface area contributed by atoms with Gasteiger partial charge in [-0.2, -0.15) is 4.31 Å². The fraction of sp³-hybridized carbons (Fsp3) is 0.259. The molecule has 3 rings (SSSR count).